The summed E-state index contributed by atoms with van der Waals surface area (Å²) in [5.74, 6) is -0.609. The molecule has 2 amide bonds. The number of pyridine rings is 2. The Morgan fingerprint density at radius 1 is 0.600 bits per heavy atom. The quantitative estimate of drug-likeness (QED) is 0.490. The van der Waals surface area contributed by atoms with Crippen molar-refractivity contribution in [3.8, 4) is 0 Å². The van der Waals surface area contributed by atoms with Gasteiger partial charge in [-0.25, -0.2) is 10.9 Å². The van der Waals surface area contributed by atoms with Crippen LogP contribution in [0.15, 0.2) is 83.5 Å². The van der Waals surface area contributed by atoms with Gasteiger partial charge in [-0.15, -0.1) is 0 Å². The molecule has 150 valence electrons. The predicted molar refractivity (Wildman–Crippen MR) is 114 cm³/mol. The number of carbonyl (C=O) groups excluding carboxylic acids is 2. The first kappa shape index (κ1) is 20.5. The van der Waals surface area contributed by atoms with Crippen molar-refractivity contribution in [1.29, 1.82) is 0 Å². The Labute approximate surface area is 173 Å². The van der Waals surface area contributed by atoms with Gasteiger partial charge in [0.05, 0.1) is 11.4 Å². The summed E-state index contributed by atoms with van der Waals surface area (Å²) >= 11 is 0. The van der Waals surface area contributed by atoms with E-state index in [1.165, 1.54) is 0 Å². The lowest BCUT2D eigenvalue weighted by Gasteiger charge is -2.06. The Morgan fingerprint density at radius 2 is 0.933 bits per heavy atom. The van der Waals surface area contributed by atoms with Crippen LogP contribution in [0.25, 0.3) is 0 Å². The van der Waals surface area contributed by atoms with Gasteiger partial charge >= 0.3 is 0 Å². The Hall–Kier alpha value is -4.20. The predicted octanol–water partition coefficient (Wildman–Crippen LogP) is 2.78. The molecule has 2 heterocycles. The molecule has 0 radical (unpaired) electrons. The van der Waals surface area contributed by atoms with Gasteiger partial charge in [-0.1, -0.05) is 24.3 Å². The molecule has 0 unspecified atom stereocenters. The van der Waals surface area contributed by atoms with Crippen LogP contribution in [0.1, 0.15) is 45.7 Å². The minimum absolute atomic E-state index is 0.304. The van der Waals surface area contributed by atoms with Gasteiger partial charge in [0, 0.05) is 35.9 Å². The average molecular weight is 400 g/mol. The number of amides is 2. The number of rotatable bonds is 6. The smallest absolute Gasteiger partial charge is 0.267 e. The lowest BCUT2D eigenvalue weighted by Crippen LogP contribution is -2.19. The van der Waals surface area contributed by atoms with Crippen LogP contribution in [-0.2, 0) is 0 Å². The summed E-state index contributed by atoms with van der Waals surface area (Å²) in [4.78, 5) is 31.9. The molecule has 3 rings (SSSR count). The van der Waals surface area contributed by atoms with E-state index in [0.29, 0.717) is 22.6 Å². The maximum Gasteiger partial charge on any atom is 0.271 e. The SMILES string of the molecule is C/C(=N/NC(=O)c1ccncc1)c1ccc(/C(C)=N\NC(=O)c2ccncc2)cc1. The zero-order valence-electron chi connectivity index (χ0n) is 16.5. The largest absolute Gasteiger partial charge is 0.271 e. The minimum atomic E-state index is -0.304. The maximum atomic E-state index is 12.1. The second-order valence-corrected chi connectivity index (χ2v) is 6.33. The number of nitrogens with one attached hydrogen (secondary N) is 2. The van der Waals surface area contributed by atoms with Crippen molar-refractivity contribution in [2.45, 2.75) is 13.8 Å². The van der Waals surface area contributed by atoms with Crippen LogP contribution < -0.4 is 10.9 Å². The van der Waals surface area contributed by atoms with Crippen LogP contribution in [0.2, 0.25) is 0 Å². The van der Waals surface area contributed by atoms with Crippen molar-refractivity contribution in [1.82, 2.24) is 20.8 Å². The summed E-state index contributed by atoms with van der Waals surface area (Å²) in [5, 5.41) is 8.29. The molecule has 8 heteroatoms. The molecular formula is C22H20N6O2. The highest BCUT2D eigenvalue weighted by Gasteiger charge is 2.06. The second-order valence-electron chi connectivity index (χ2n) is 6.33. The van der Waals surface area contributed by atoms with Crippen LogP contribution >= 0.6 is 0 Å². The minimum Gasteiger partial charge on any atom is -0.267 e. The molecule has 30 heavy (non-hydrogen) atoms. The molecule has 0 aliphatic rings. The summed E-state index contributed by atoms with van der Waals surface area (Å²) in [6.45, 7) is 3.61. The average Bonchev–Trinajstić information content (AvgIpc) is 2.81. The monoisotopic (exact) mass is 400 g/mol. The molecule has 0 aliphatic carbocycles. The van der Waals surface area contributed by atoms with E-state index in [4.69, 9.17) is 0 Å². The topological polar surface area (TPSA) is 109 Å². The molecule has 0 saturated carbocycles. The van der Waals surface area contributed by atoms with Crippen LogP contribution in [0, 0.1) is 0 Å². The van der Waals surface area contributed by atoms with Crippen molar-refractivity contribution in [2.24, 2.45) is 10.2 Å². The first-order chi connectivity index (χ1) is 14.5. The van der Waals surface area contributed by atoms with Gasteiger partial charge < -0.3 is 0 Å². The standard InChI is InChI=1S/C22H20N6O2/c1-15(25-27-21(29)19-7-11-23-12-8-19)17-3-5-18(6-4-17)16(2)26-28-22(30)20-9-13-24-14-10-20/h3-14H,1-2H3,(H,27,29)(H,28,30)/b25-15-,26-16-. The third-order valence-electron chi connectivity index (χ3n) is 4.26. The summed E-state index contributed by atoms with van der Waals surface area (Å²) in [6.07, 6.45) is 6.20. The van der Waals surface area contributed by atoms with E-state index in [1.54, 1.807) is 62.9 Å². The Morgan fingerprint density at radius 3 is 1.27 bits per heavy atom. The first-order valence-electron chi connectivity index (χ1n) is 9.14. The van der Waals surface area contributed by atoms with E-state index >= 15 is 0 Å². The fourth-order valence-corrected chi connectivity index (χ4v) is 2.49. The zero-order valence-corrected chi connectivity index (χ0v) is 16.5. The van der Waals surface area contributed by atoms with Gasteiger partial charge in [0.25, 0.3) is 11.8 Å². The molecule has 0 spiro atoms. The van der Waals surface area contributed by atoms with Crippen LogP contribution in [-0.4, -0.2) is 33.2 Å². The second kappa shape index (κ2) is 9.83. The molecule has 0 bridgehead atoms. The van der Waals surface area contributed by atoms with Gasteiger partial charge in [-0.2, -0.15) is 10.2 Å². The van der Waals surface area contributed by atoms with E-state index in [2.05, 4.69) is 31.0 Å². The van der Waals surface area contributed by atoms with E-state index in [1.807, 2.05) is 24.3 Å². The van der Waals surface area contributed by atoms with E-state index in [0.717, 1.165) is 11.1 Å². The van der Waals surface area contributed by atoms with Crippen LogP contribution in [0.4, 0.5) is 0 Å². The number of hydrogen-bond donors (Lipinski definition) is 2. The lowest BCUT2D eigenvalue weighted by atomic mass is 10.1. The lowest BCUT2D eigenvalue weighted by molar-refractivity contribution is 0.0946. The Balaban J connectivity index is 1.62. The highest BCUT2D eigenvalue weighted by Crippen LogP contribution is 2.07. The van der Waals surface area contributed by atoms with Crippen molar-refractivity contribution in [3.05, 3.63) is 95.6 Å². The Kier molecular flexibility index (Phi) is 6.73. The number of hydrogen-bond acceptors (Lipinski definition) is 6. The summed E-state index contributed by atoms with van der Waals surface area (Å²) in [5.41, 5.74) is 9.04. The number of benzene rings is 1. The molecule has 0 atom stereocenters. The fraction of sp³-hybridized carbons (Fsp3) is 0.0909. The molecule has 1 aromatic carbocycles. The molecule has 2 N–H and O–H groups in total. The van der Waals surface area contributed by atoms with Crippen molar-refractivity contribution < 1.29 is 9.59 Å². The Bertz CT molecular complexity index is 989. The highest BCUT2D eigenvalue weighted by atomic mass is 16.2. The van der Waals surface area contributed by atoms with E-state index in [-0.39, 0.29) is 11.8 Å². The van der Waals surface area contributed by atoms with E-state index < -0.39 is 0 Å². The van der Waals surface area contributed by atoms with Crippen molar-refractivity contribution in [2.75, 3.05) is 0 Å². The summed E-state index contributed by atoms with van der Waals surface area (Å²) in [6, 6.07) is 13.9. The number of carbonyl (C=O) groups is 2. The normalized spacial score (nSPS) is 11.7. The van der Waals surface area contributed by atoms with Crippen LogP contribution in [0.3, 0.4) is 0 Å². The van der Waals surface area contributed by atoms with Crippen LogP contribution in [0.5, 0.6) is 0 Å². The third kappa shape index (κ3) is 5.41. The molecule has 2 aromatic heterocycles. The van der Waals surface area contributed by atoms with Gasteiger partial charge in [-0.05, 0) is 49.2 Å². The molecule has 8 nitrogen and oxygen atoms in total. The van der Waals surface area contributed by atoms with Gasteiger partial charge in [0.1, 0.15) is 0 Å². The van der Waals surface area contributed by atoms with Crippen molar-refractivity contribution >= 4 is 23.2 Å². The van der Waals surface area contributed by atoms with Gasteiger partial charge in [-0.3, -0.25) is 19.6 Å². The number of hydrazone groups is 2. The molecule has 0 aliphatic heterocycles. The molecule has 0 fully saturated rings. The zero-order chi connectivity index (χ0) is 21.3. The third-order valence-corrected chi connectivity index (χ3v) is 4.26. The van der Waals surface area contributed by atoms with Gasteiger partial charge in [0.2, 0.25) is 0 Å². The summed E-state index contributed by atoms with van der Waals surface area (Å²) < 4.78 is 0. The maximum absolute atomic E-state index is 12.1. The summed E-state index contributed by atoms with van der Waals surface area (Å²) in [7, 11) is 0. The van der Waals surface area contributed by atoms with Crippen molar-refractivity contribution in [3.63, 3.8) is 0 Å². The fourth-order valence-electron chi connectivity index (χ4n) is 2.49. The van der Waals surface area contributed by atoms with E-state index in [9.17, 15) is 9.59 Å². The molecule has 0 saturated heterocycles. The molecule has 3 aromatic rings. The highest BCUT2D eigenvalue weighted by molar-refractivity contribution is 6.03. The first-order valence-corrected chi connectivity index (χ1v) is 9.14. The number of nitrogens with zero attached hydrogens (tertiary/aromatic N) is 4. The molecular weight excluding hydrogens is 380 g/mol. The number of aromatic nitrogens is 2. The van der Waals surface area contributed by atoms with Gasteiger partial charge in [0.15, 0.2) is 0 Å².